The summed E-state index contributed by atoms with van der Waals surface area (Å²) in [6.07, 6.45) is 5.82. The molecule has 1 atom stereocenters. The molecular formula is C23H26N4O. The number of carbonyl (C=O) groups excluding carboxylic acids is 1. The highest BCUT2D eigenvalue weighted by molar-refractivity contribution is 5.82. The number of hydrogen-bond donors (Lipinski definition) is 1. The van der Waals surface area contributed by atoms with E-state index < -0.39 is 0 Å². The monoisotopic (exact) mass is 374 g/mol. The number of rotatable bonds is 5. The molecule has 5 heteroatoms. The summed E-state index contributed by atoms with van der Waals surface area (Å²) in [6.45, 7) is 3.37. The number of nitrogens with zero attached hydrogens (tertiary/aromatic N) is 3. The average Bonchev–Trinajstić information content (AvgIpc) is 3.12. The number of benzene rings is 2. The largest absolute Gasteiger partial charge is 0.362 e. The Labute approximate surface area is 166 Å². The number of fused-ring (bicyclic) bond motifs is 1. The van der Waals surface area contributed by atoms with Gasteiger partial charge < -0.3 is 14.8 Å². The molecule has 1 aromatic heterocycles. The Morgan fingerprint density at radius 3 is 2.79 bits per heavy atom. The molecule has 1 N–H and O–H groups in total. The fraction of sp³-hybridized carbons (Fsp3) is 0.304. The van der Waals surface area contributed by atoms with Gasteiger partial charge in [0.05, 0.1) is 6.54 Å². The second kappa shape index (κ2) is 7.89. The van der Waals surface area contributed by atoms with E-state index in [1.807, 2.05) is 48.1 Å². The maximum absolute atomic E-state index is 13.0. The number of hydrogen-bond acceptors (Lipinski definition) is 3. The fourth-order valence-corrected chi connectivity index (χ4v) is 3.95. The van der Waals surface area contributed by atoms with Crippen molar-refractivity contribution in [3.8, 4) is 0 Å². The summed E-state index contributed by atoms with van der Waals surface area (Å²) in [7, 11) is 1.95. The highest BCUT2D eigenvalue weighted by atomic mass is 16.2. The van der Waals surface area contributed by atoms with Gasteiger partial charge in [0.25, 0.3) is 0 Å². The van der Waals surface area contributed by atoms with Crippen molar-refractivity contribution in [2.75, 3.05) is 18.0 Å². The van der Waals surface area contributed by atoms with Crippen LogP contribution in [0.5, 0.6) is 0 Å². The second-order valence-electron chi connectivity index (χ2n) is 7.46. The molecule has 0 bridgehead atoms. The molecule has 0 fully saturated rings. The molecule has 1 aliphatic rings. The van der Waals surface area contributed by atoms with E-state index in [0.29, 0.717) is 6.54 Å². The Hall–Kier alpha value is -3.08. The number of nitrogens with one attached hydrogen (secondary N) is 1. The molecule has 0 radical (unpaired) electrons. The van der Waals surface area contributed by atoms with Crippen molar-refractivity contribution in [3.63, 3.8) is 0 Å². The van der Waals surface area contributed by atoms with E-state index >= 15 is 0 Å². The summed E-state index contributed by atoms with van der Waals surface area (Å²) < 4.78 is 1.96. The minimum absolute atomic E-state index is 0.00489. The first-order valence-electron chi connectivity index (χ1n) is 9.78. The highest BCUT2D eigenvalue weighted by Crippen LogP contribution is 2.28. The van der Waals surface area contributed by atoms with Crippen molar-refractivity contribution in [2.45, 2.75) is 25.8 Å². The minimum atomic E-state index is -0.268. The third kappa shape index (κ3) is 3.79. The lowest BCUT2D eigenvalue weighted by molar-refractivity contribution is -0.120. The molecule has 1 aliphatic heterocycles. The van der Waals surface area contributed by atoms with E-state index in [1.54, 1.807) is 6.20 Å². The maximum atomic E-state index is 13.0. The molecule has 144 valence electrons. The summed E-state index contributed by atoms with van der Waals surface area (Å²) in [5, 5.41) is 3.20. The van der Waals surface area contributed by atoms with Crippen LogP contribution in [0.3, 0.4) is 0 Å². The molecule has 0 spiro atoms. The van der Waals surface area contributed by atoms with Crippen molar-refractivity contribution < 1.29 is 4.79 Å². The zero-order valence-electron chi connectivity index (χ0n) is 16.4. The van der Waals surface area contributed by atoms with Gasteiger partial charge in [-0.25, -0.2) is 4.98 Å². The number of carbonyl (C=O) groups is 1. The van der Waals surface area contributed by atoms with Crippen LogP contribution in [0.15, 0.2) is 60.9 Å². The van der Waals surface area contributed by atoms with Gasteiger partial charge in [-0.05, 0) is 37.0 Å². The van der Waals surface area contributed by atoms with Gasteiger partial charge in [-0.2, -0.15) is 0 Å². The topological polar surface area (TPSA) is 50.2 Å². The molecule has 28 heavy (non-hydrogen) atoms. The van der Waals surface area contributed by atoms with Crippen LogP contribution < -0.4 is 10.2 Å². The Bertz CT molecular complexity index is 964. The normalized spacial score (nSPS) is 14.4. The van der Waals surface area contributed by atoms with Crippen LogP contribution in [-0.4, -0.2) is 28.5 Å². The average molecular weight is 374 g/mol. The smallest absolute Gasteiger partial charge is 0.240 e. The summed E-state index contributed by atoms with van der Waals surface area (Å²) in [5.74, 6) is 0.833. The van der Waals surface area contributed by atoms with Crippen molar-refractivity contribution in [1.29, 1.82) is 0 Å². The lowest BCUT2D eigenvalue weighted by Crippen LogP contribution is -2.41. The van der Waals surface area contributed by atoms with Gasteiger partial charge in [0.2, 0.25) is 5.91 Å². The predicted molar refractivity (Wildman–Crippen MR) is 111 cm³/mol. The van der Waals surface area contributed by atoms with Gasteiger partial charge in [-0.3, -0.25) is 4.79 Å². The molecule has 3 aromatic rings. The molecule has 2 aromatic carbocycles. The molecule has 5 nitrogen and oxygen atoms in total. The highest BCUT2D eigenvalue weighted by Gasteiger charge is 2.23. The van der Waals surface area contributed by atoms with E-state index in [2.05, 4.69) is 40.3 Å². The van der Waals surface area contributed by atoms with Crippen LogP contribution in [0.1, 0.15) is 35.0 Å². The number of amides is 1. The van der Waals surface area contributed by atoms with Gasteiger partial charge in [-0.15, -0.1) is 0 Å². The van der Waals surface area contributed by atoms with Crippen LogP contribution in [-0.2, 0) is 18.3 Å². The van der Waals surface area contributed by atoms with E-state index in [1.165, 1.54) is 16.8 Å². The number of aromatic nitrogens is 2. The Morgan fingerprint density at radius 1 is 1.21 bits per heavy atom. The second-order valence-corrected chi connectivity index (χ2v) is 7.46. The lowest BCUT2D eigenvalue weighted by Gasteiger charge is -2.31. The van der Waals surface area contributed by atoms with E-state index in [9.17, 15) is 4.79 Å². The first-order chi connectivity index (χ1) is 13.6. The maximum Gasteiger partial charge on any atom is 0.240 e. The predicted octanol–water partition coefficient (Wildman–Crippen LogP) is 3.39. The Kier molecular flexibility index (Phi) is 5.15. The number of imidazole rings is 1. The van der Waals surface area contributed by atoms with Crippen molar-refractivity contribution in [2.24, 2.45) is 7.05 Å². The van der Waals surface area contributed by atoms with Gasteiger partial charge >= 0.3 is 0 Å². The van der Waals surface area contributed by atoms with Crippen LogP contribution >= 0.6 is 0 Å². The minimum Gasteiger partial charge on any atom is -0.362 e. The Morgan fingerprint density at radius 2 is 2.04 bits per heavy atom. The van der Waals surface area contributed by atoms with Gasteiger partial charge in [-0.1, -0.05) is 48.0 Å². The quantitative estimate of drug-likeness (QED) is 0.745. The Balaban J connectivity index is 1.54. The molecular weight excluding hydrogens is 348 g/mol. The van der Waals surface area contributed by atoms with E-state index in [-0.39, 0.29) is 11.9 Å². The van der Waals surface area contributed by atoms with Gasteiger partial charge in [0, 0.05) is 31.7 Å². The number of anilines is 1. The van der Waals surface area contributed by atoms with Crippen LogP contribution in [0.25, 0.3) is 0 Å². The fourth-order valence-electron chi connectivity index (χ4n) is 3.95. The first-order valence-corrected chi connectivity index (χ1v) is 9.78. The number of aryl methyl sites for hydroxylation is 3. The standard InChI is InChI=1S/C23H26N4O/c1-17-10-11-20-19(15-17)9-6-13-27(20)16-21(28)25-22(18-7-4-3-5-8-18)23-24-12-14-26(23)2/h3-5,7-8,10-12,14-15,22H,6,9,13,16H2,1-2H3,(H,25,28)/t22-/m1/s1. The summed E-state index contributed by atoms with van der Waals surface area (Å²) in [5.41, 5.74) is 4.81. The summed E-state index contributed by atoms with van der Waals surface area (Å²) in [6, 6.07) is 16.2. The zero-order valence-corrected chi connectivity index (χ0v) is 16.4. The first kappa shape index (κ1) is 18.3. The SMILES string of the molecule is Cc1ccc2c(c1)CCCN2CC(=O)N[C@H](c1ccccc1)c1nccn1C. The van der Waals surface area contributed by atoms with Crippen LogP contribution in [0, 0.1) is 6.92 Å². The van der Waals surface area contributed by atoms with Crippen molar-refractivity contribution in [1.82, 2.24) is 14.9 Å². The molecule has 0 saturated carbocycles. The van der Waals surface area contributed by atoms with E-state index in [4.69, 9.17) is 0 Å². The van der Waals surface area contributed by atoms with Crippen LogP contribution in [0.4, 0.5) is 5.69 Å². The lowest BCUT2D eigenvalue weighted by atomic mass is 9.99. The summed E-state index contributed by atoms with van der Waals surface area (Å²) >= 11 is 0. The third-order valence-corrected chi connectivity index (χ3v) is 5.34. The molecule has 0 saturated heterocycles. The molecule has 4 rings (SSSR count). The summed E-state index contributed by atoms with van der Waals surface area (Å²) in [4.78, 5) is 19.6. The van der Waals surface area contributed by atoms with Gasteiger partial charge in [0.1, 0.15) is 11.9 Å². The molecule has 2 heterocycles. The van der Waals surface area contributed by atoms with Crippen molar-refractivity contribution in [3.05, 3.63) is 83.4 Å². The molecule has 0 unspecified atom stereocenters. The zero-order chi connectivity index (χ0) is 19.5. The third-order valence-electron chi connectivity index (χ3n) is 5.34. The van der Waals surface area contributed by atoms with Gasteiger partial charge in [0.15, 0.2) is 0 Å². The molecule has 1 amide bonds. The van der Waals surface area contributed by atoms with Crippen molar-refractivity contribution >= 4 is 11.6 Å². The van der Waals surface area contributed by atoms with Crippen LogP contribution in [0.2, 0.25) is 0 Å². The molecule has 0 aliphatic carbocycles. The van der Waals surface area contributed by atoms with E-state index in [0.717, 1.165) is 30.8 Å².